The van der Waals surface area contributed by atoms with Crippen LogP contribution in [0.1, 0.15) is 80.8 Å². The zero-order valence-corrected chi connectivity index (χ0v) is 21.2. The molecule has 0 unspecified atom stereocenters. The number of ether oxygens (including phenoxy) is 1. The highest BCUT2D eigenvalue weighted by atomic mass is 35.5. The number of fused-ring (bicyclic) bond motifs is 5. The molecule has 5 atom stereocenters. The summed E-state index contributed by atoms with van der Waals surface area (Å²) in [4.78, 5) is 19.1. The first-order chi connectivity index (χ1) is 16.6. The maximum atomic E-state index is 13.3. The number of nitrogens with zero attached hydrogens (tertiary/aromatic N) is 4. The van der Waals surface area contributed by atoms with Gasteiger partial charge in [-0.1, -0.05) is 38.8 Å². The van der Waals surface area contributed by atoms with Crippen LogP contribution in [0.4, 0.5) is 4.79 Å². The number of amides is 1. The lowest BCUT2D eigenvalue weighted by molar-refractivity contribution is -0.0124. The summed E-state index contributed by atoms with van der Waals surface area (Å²) in [6.45, 7) is 8.71. The van der Waals surface area contributed by atoms with Gasteiger partial charge in [-0.3, -0.25) is 0 Å². The second-order valence-electron chi connectivity index (χ2n) is 10.7. The number of rotatable bonds is 3. The van der Waals surface area contributed by atoms with Gasteiger partial charge in [0.05, 0.1) is 22.9 Å². The fourth-order valence-electron chi connectivity index (χ4n) is 6.38. The lowest BCUT2D eigenvalue weighted by atomic mass is 9.75. The first kappa shape index (κ1) is 23.8. The summed E-state index contributed by atoms with van der Waals surface area (Å²) in [5, 5.41) is 31.7. The molecule has 2 aliphatic carbocycles. The second-order valence-corrected chi connectivity index (χ2v) is 11.1. The summed E-state index contributed by atoms with van der Waals surface area (Å²) in [5.41, 5.74) is 2.20. The van der Waals surface area contributed by atoms with Gasteiger partial charge in [0.1, 0.15) is 12.2 Å². The lowest BCUT2D eigenvalue weighted by Crippen LogP contribution is -2.41. The predicted molar refractivity (Wildman–Crippen MR) is 130 cm³/mol. The van der Waals surface area contributed by atoms with E-state index in [4.69, 9.17) is 16.3 Å². The van der Waals surface area contributed by atoms with E-state index >= 15 is 0 Å². The zero-order valence-electron chi connectivity index (χ0n) is 20.5. The highest BCUT2D eigenvalue weighted by Crippen LogP contribution is 2.58. The number of carbonyl (C=O) groups is 1. The molecule has 2 bridgehead atoms. The predicted octanol–water partition coefficient (Wildman–Crippen LogP) is 5.56. The Hall–Kier alpha value is -2.92. The number of halogens is 1. The van der Waals surface area contributed by atoms with Gasteiger partial charge in [-0.2, -0.15) is 5.26 Å². The van der Waals surface area contributed by atoms with E-state index in [0.29, 0.717) is 53.1 Å². The molecule has 2 N–H and O–H groups in total. The molecule has 3 aliphatic rings. The normalized spacial score (nSPS) is 27.2. The van der Waals surface area contributed by atoms with Crippen LogP contribution in [0.15, 0.2) is 6.20 Å². The molecule has 0 radical (unpaired) electrons. The molecule has 186 valence electrons. The van der Waals surface area contributed by atoms with E-state index in [1.54, 1.807) is 11.8 Å². The van der Waals surface area contributed by atoms with Crippen molar-refractivity contribution < 1.29 is 19.7 Å². The Balaban J connectivity index is 1.44. The van der Waals surface area contributed by atoms with E-state index in [2.05, 4.69) is 25.8 Å². The van der Waals surface area contributed by atoms with E-state index in [1.165, 1.54) is 10.8 Å². The number of nitriles is 1. The van der Waals surface area contributed by atoms with Gasteiger partial charge in [0.2, 0.25) is 11.8 Å². The second kappa shape index (κ2) is 8.63. The standard InChI is InChI=1S/C26H31ClN4O4/c1-12(2)16-6-5-13(3)7-20(16)35-26(34)30-11-15-8-18(30)22-21(15)24(32)31(25(22)33)19-10-29-17(9-28)23(27)14(19)4/h10,12-13,15-16,18,20,32-33H,5-8,11H2,1-4H3/t13-,15-,16+,18+,20-/m1/s1. The van der Waals surface area contributed by atoms with E-state index in [0.717, 1.165) is 19.3 Å². The molecule has 2 aromatic rings. The number of likely N-dealkylation sites (tertiary alicyclic amines) is 1. The van der Waals surface area contributed by atoms with E-state index in [9.17, 15) is 20.3 Å². The summed E-state index contributed by atoms with van der Waals surface area (Å²) in [5.74, 6) is 0.997. The van der Waals surface area contributed by atoms with Gasteiger partial charge in [-0.05, 0) is 49.5 Å². The summed E-state index contributed by atoms with van der Waals surface area (Å²) >= 11 is 6.29. The third-order valence-electron chi connectivity index (χ3n) is 8.27. The quantitative estimate of drug-likeness (QED) is 0.573. The molecule has 1 aliphatic heterocycles. The zero-order chi connectivity index (χ0) is 25.2. The van der Waals surface area contributed by atoms with Crippen LogP contribution in [-0.2, 0) is 4.74 Å². The number of pyridine rings is 1. The van der Waals surface area contributed by atoms with Crippen molar-refractivity contribution in [3.63, 3.8) is 0 Å². The van der Waals surface area contributed by atoms with Crippen LogP contribution >= 0.6 is 11.6 Å². The van der Waals surface area contributed by atoms with Crippen LogP contribution in [-0.4, -0.2) is 43.4 Å². The van der Waals surface area contributed by atoms with Crippen molar-refractivity contribution in [2.45, 2.75) is 71.4 Å². The molecule has 2 aromatic heterocycles. The molecule has 2 fully saturated rings. The molecule has 0 spiro atoms. The van der Waals surface area contributed by atoms with Crippen LogP contribution in [0.5, 0.6) is 11.8 Å². The van der Waals surface area contributed by atoms with Crippen LogP contribution in [0.25, 0.3) is 5.69 Å². The first-order valence-corrected chi connectivity index (χ1v) is 12.7. The van der Waals surface area contributed by atoms with Crippen LogP contribution in [0.2, 0.25) is 5.02 Å². The van der Waals surface area contributed by atoms with Gasteiger partial charge in [0.15, 0.2) is 5.69 Å². The molecule has 5 rings (SSSR count). The fraction of sp³-hybridized carbons (Fsp3) is 0.577. The summed E-state index contributed by atoms with van der Waals surface area (Å²) in [6, 6.07) is 1.57. The number of aromatic nitrogens is 2. The molecule has 35 heavy (non-hydrogen) atoms. The van der Waals surface area contributed by atoms with E-state index in [-0.39, 0.29) is 46.6 Å². The van der Waals surface area contributed by atoms with Crippen molar-refractivity contribution in [3.05, 3.63) is 33.6 Å². The Morgan fingerprint density at radius 1 is 1.26 bits per heavy atom. The molecule has 9 heteroatoms. The number of aromatic hydroxyl groups is 2. The largest absolute Gasteiger partial charge is 0.494 e. The van der Waals surface area contributed by atoms with E-state index in [1.807, 2.05) is 6.07 Å². The summed E-state index contributed by atoms with van der Waals surface area (Å²) < 4.78 is 7.40. The minimum atomic E-state index is -0.365. The first-order valence-electron chi connectivity index (χ1n) is 12.3. The summed E-state index contributed by atoms with van der Waals surface area (Å²) in [7, 11) is 0. The van der Waals surface area contributed by atoms with Crippen molar-refractivity contribution >= 4 is 17.7 Å². The van der Waals surface area contributed by atoms with Gasteiger partial charge >= 0.3 is 6.09 Å². The van der Waals surface area contributed by atoms with Gasteiger partial charge < -0.3 is 19.8 Å². The third-order valence-corrected chi connectivity index (χ3v) is 8.73. The molecule has 0 aromatic carbocycles. The van der Waals surface area contributed by atoms with Crippen molar-refractivity contribution in [2.75, 3.05) is 6.54 Å². The highest BCUT2D eigenvalue weighted by Gasteiger charge is 2.51. The smallest absolute Gasteiger partial charge is 0.410 e. The highest BCUT2D eigenvalue weighted by molar-refractivity contribution is 6.32. The SMILES string of the molecule is Cc1c(-n2c(O)c3c(c2O)[C@@H]2C[C@@H]3CN2C(=O)O[C@@H]2C[C@H](C)CC[C@H]2C(C)C)cnc(C#N)c1Cl. The molecule has 3 heterocycles. The fourth-order valence-corrected chi connectivity index (χ4v) is 6.57. The van der Waals surface area contributed by atoms with Crippen LogP contribution in [0, 0.1) is 36.0 Å². The molecule has 1 saturated heterocycles. The molecule has 8 nitrogen and oxygen atoms in total. The Kier molecular flexibility index (Phi) is 5.87. The molecule has 1 saturated carbocycles. The van der Waals surface area contributed by atoms with Crippen molar-refractivity contribution in [1.82, 2.24) is 14.5 Å². The lowest BCUT2D eigenvalue weighted by Gasteiger charge is -2.38. The maximum absolute atomic E-state index is 13.3. The minimum Gasteiger partial charge on any atom is -0.494 e. The Bertz CT molecular complexity index is 1230. The molecular weight excluding hydrogens is 468 g/mol. The molecular formula is C26H31ClN4O4. The summed E-state index contributed by atoms with van der Waals surface area (Å²) in [6.07, 6.45) is 4.69. The average molecular weight is 499 g/mol. The minimum absolute atomic E-state index is 0.0790. The monoisotopic (exact) mass is 498 g/mol. The van der Waals surface area contributed by atoms with Gasteiger partial charge in [0, 0.05) is 23.6 Å². The molecule has 1 amide bonds. The van der Waals surface area contributed by atoms with Crippen molar-refractivity contribution in [3.8, 4) is 23.5 Å². The van der Waals surface area contributed by atoms with E-state index < -0.39 is 0 Å². The van der Waals surface area contributed by atoms with Crippen LogP contribution < -0.4 is 0 Å². The number of hydrogen-bond acceptors (Lipinski definition) is 6. The van der Waals surface area contributed by atoms with Gasteiger partial charge in [-0.25, -0.2) is 14.3 Å². The third kappa shape index (κ3) is 3.63. The van der Waals surface area contributed by atoms with Crippen molar-refractivity contribution in [1.29, 1.82) is 5.26 Å². The Morgan fingerprint density at radius 3 is 2.66 bits per heavy atom. The van der Waals surface area contributed by atoms with Gasteiger partial charge in [-0.15, -0.1) is 0 Å². The number of carbonyl (C=O) groups excluding carboxylic acids is 1. The van der Waals surface area contributed by atoms with Crippen LogP contribution in [0.3, 0.4) is 0 Å². The topological polar surface area (TPSA) is 112 Å². The average Bonchev–Trinajstić information content (AvgIpc) is 3.47. The Morgan fingerprint density at radius 2 is 1.97 bits per heavy atom. The Labute approximate surface area is 210 Å². The maximum Gasteiger partial charge on any atom is 0.410 e. The number of hydrogen-bond donors (Lipinski definition) is 2. The van der Waals surface area contributed by atoms with Crippen molar-refractivity contribution in [2.24, 2.45) is 17.8 Å². The van der Waals surface area contributed by atoms with Gasteiger partial charge in [0.25, 0.3) is 0 Å².